The van der Waals surface area contributed by atoms with E-state index in [0.717, 1.165) is 37.5 Å². The van der Waals surface area contributed by atoms with Gasteiger partial charge in [0.15, 0.2) is 0 Å². The minimum absolute atomic E-state index is 0.138. The van der Waals surface area contributed by atoms with Crippen molar-refractivity contribution in [2.24, 2.45) is 121 Å². The van der Waals surface area contributed by atoms with Crippen LogP contribution in [0.5, 0.6) is 0 Å². The molecule has 0 heterocycles. The fourth-order valence-electron chi connectivity index (χ4n) is 19.5. The van der Waals surface area contributed by atoms with Crippen molar-refractivity contribution in [2.75, 3.05) is 0 Å². The average molecular weight is 862 g/mol. The largest absolute Gasteiger partial charge is 0.481 e. The first kappa shape index (κ1) is 48.3. The van der Waals surface area contributed by atoms with Crippen LogP contribution >= 0.6 is 0 Å². The quantitative estimate of drug-likeness (QED) is 0.114. The van der Waals surface area contributed by atoms with Gasteiger partial charge in [0.25, 0.3) is 0 Å². The van der Waals surface area contributed by atoms with Crippen LogP contribution < -0.4 is 0 Å². The fourth-order valence-corrected chi connectivity index (χ4v) is 19.5. The highest BCUT2D eigenvalue weighted by Crippen LogP contribution is 2.72. The van der Waals surface area contributed by atoms with Crippen LogP contribution in [0.2, 0.25) is 0 Å². The summed E-state index contributed by atoms with van der Waals surface area (Å²) in [6, 6.07) is 0. The SMILES string of the molecule is CC[C@@H]1C2C[C@H](C)CCC2(C)[C@H]2CCC3(C)C([C@H](C)CCC(=O)N=[N+]=[N-])CC[C@H]3[C@@H]2[C@@H]1O.CC[C@@H]1C2C[C@H](C)CCC2(C)[C@H]2CCC3(C)C([C@H](C)CCC(=O)O)CC[C@H]3[C@@H]2[C@@H]1O. The molecule has 8 unspecified atom stereocenters. The van der Waals surface area contributed by atoms with Crippen LogP contribution in [0.25, 0.3) is 10.4 Å². The minimum atomic E-state index is -0.663. The Morgan fingerprint density at radius 1 is 0.613 bits per heavy atom. The molecule has 352 valence electrons. The number of hydrogen-bond acceptors (Lipinski definition) is 4. The Morgan fingerprint density at radius 3 is 1.39 bits per heavy atom. The van der Waals surface area contributed by atoms with Gasteiger partial charge in [-0.3, -0.25) is 9.59 Å². The number of fused-ring (bicyclic) bond motifs is 10. The van der Waals surface area contributed by atoms with E-state index in [1.165, 1.54) is 89.9 Å². The molecular formula is C54H91N3O5. The van der Waals surface area contributed by atoms with Gasteiger partial charge >= 0.3 is 5.97 Å². The Kier molecular flexibility index (Phi) is 14.5. The number of carbonyl (C=O) groups is 2. The number of carboxylic acid groups (broad SMARTS) is 1. The second-order valence-corrected chi connectivity index (χ2v) is 25.2. The zero-order valence-corrected chi connectivity index (χ0v) is 41.0. The number of rotatable bonds is 10. The lowest BCUT2D eigenvalue weighted by molar-refractivity contribution is -0.198. The Bertz CT molecular complexity index is 1650. The smallest absolute Gasteiger partial charge is 0.303 e. The Hall–Kier alpha value is -1.63. The number of aliphatic hydroxyl groups excluding tert-OH is 2. The average Bonchev–Trinajstić information content (AvgIpc) is 3.78. The maximum Gasteiger partial charge on any atom is 0.303 e. The molecule has 3 N–H and O–H groups in total. The van der Waals surface area contributed by atoms with E-state index in [-0.39, 0.29) is 28.9 Å². The van der Waals surface area contributed by atoms with E-state index < -0.39 is 5.97 Å². The minimum Gasteiger partial charge on any atom is -0.481 e. The molecule has 8 fully saturated rings. The van der Waals surface area contributed by atoms with Crippen molar-refractivity contribution in [1.29, 1.82) is 0 Å². The first-order chi connectivity index (χ1) is 29.3. The van der Waals surface area contributed by atoms with Crippen LogP contribution in [0.15, 0.2) is 5.11 Å². The van der Waals surface area contributed by atoms with E-state index >= 15 is 0 Å². The summed E-state index contributed by atoms with van der Waals surface area (Å²) in [6.07, 6.45) is 22.2. The standard InChI is InChI=1S/C27H45N3O2.C27H46O3/c1-6-18-22-15-16(2)11-13-27(22,5)21-12-14-26(4)19(8-9-20(26)24(21)25(18)32)17(3)7-10-23(31)29-30-28;1-6-18-22-15-16(2)11-13-27(22,5)21-12-14-26(4)19(17(3)7-10-23(28)29)8-9-20(26)24(21)25(18)30/h16-22,24-25,32H,6-15H2,1-5H3;16-22,24-25,30H,6-15H2,1-5H3,(H,28,29)/t2*16-,17-,18-,19?,20+,21+,22?,24+,25-,26?,27?/m11/s1. The molecule has 0 bridgehead atoms. The number of carboxylic acids is 1. The van der Waals surface area contributed by atoms with Gasteiger partial charge in [0, 0.05) is 17.8 Å². The van der Waals surface area contributed by atoms with Crippen molar-refractivity contribution < 1.29 is 24.9 Å². The van der Waals surface area contributed by atoms with Gasteiger partial charge in [-0.05, 0) is 217 Å². The number of aliphatic hydroxyl groups is 2. The van der Waals surface area contributed by atoms with Gasteiger partial charge in [0.05, 0.1) is 12.2 Å². The van der Waals surface area contributed by atoms with Crippen molar-refractivity contribution in [3.8, 4) is 0 Å². The second-order valence-electron chi connectivity index (χ2n) is 25.2. The molecule has 0 saturated heterocycles. The van der Waals surface area contributed by atoms with Gasteiger partial charge in [-0.2, -0.15) is 0 Å². The monoisotopic (exact) mass is 862 g/mol. The van der Waals surface area contributed by atoms with Crippen LogP contribution in [0.3, 0.4) is 0 Å². The normalized spacial score (nSPS) is 50.1. The van der Waals surface area contributed by atoms with Crippen LogP contribution in [-0.4, -0.2) is 39.4 Å². The Morgan fingerprint density at radius 2 is 1.00 bits per heavy atom. The van der Waals surface area contributed by atoms with Crippen LogP contribution in [0.4, 0.5) is 0 Å². The molecule has 8 aliphatic rings. The molecule has 8 rings (SSSR count). The summed E-state index contributed by atoms with van der Waals surface area (Å²) in [7, 11) is 0. The van der Waals surface area contributed by atoms with Gasteiger partial charge in [-0.1, -0.05) is 94.9 Å². The summed E-state index contributed by atoms with van der Waals surface area (Å²) in [4.78, 5) is 25.6. The third kappa shape index (κ3) is 8.17. The van der Waals surface area contributed by atoms with Crippen molar-refractivity contribution in [2.45, 2.75) is 210 Å². The zero-order chi connectivity index (χ0) is 45.1. The van der Waals surface area contributed by atoms with E-state index in [1.807, 2.05) is 0 Å². The van der Waals surface area contributed by atoms with E-state index in [2.05, 4.69) is 79.3 Å². The molecule has 0 radical (unpaired) electrons. The van der Waals surface area contributed by atoms with Crippen molar-refractivity contribution in [1.82, 2.24) is 0 Å². The lowest BCUT2D eigenvalue weighted by Gasteiger charge is -2.65. The molecular weight excluding hydrogens is 771 g/mol. The van der Waals surface area contributed by atoms with Gasteiger partial charge in [-0.15, -0.1) is 0 Å². The van der Waals surface area contributed by atoms with Gasteiger partial charge in [0.1, 0.15) is 0 Å². The molecule has 62 heavy (non-hydrogen) atoms. The van der Waals surface area contributed by atoms with Crippen LogP contribution in [-0.2, 0) is 9.59 Å². The summed E-state index contributed by atoms with van der Waals surface area (Å²) in [5.74, 6) is 8.48. The highest BCUT2D eigenvalue weighted by atomic mass is 16.4. The second kappa shape index (κ2) is 18.6. The van der Waals surface area contributed by atoms with Crippen LogP contribution in [0.1, 0.15) is 198 Å². The zero-order valence-electron chi connectivity index (χ0n) is 41.0. The number of amides is 1. The van der Waals surface area contributed by atoms with E-state index in [4.69, 9.17) is 5.53 Å². The molecule has 22 atom stereocenters. The van der Waals surface area contributed by atoms with Gasteiger partial charge in [0.2, 0.25) is 5.91 Å². The molecule has 0 aromatic heterocycles. The summed E-state index contributed by atoms with van der Waals surface area (Å²) >= 11 is 0. The molecule has 0 spiro atoms. The molecule has 0 aromatic carbocycles. The lowest BCUT2D eigenvalue weighted by Crippen LogP contribution is -2.61. The summed E-state index contributed by atoms with van der Waals surface area (Å²) < 4.78 is 0. The van der Waals surface area contributed by atoms with E-state index in [1.54, 1.807) is 0 Å². The highest BCUT2D eigenvalue weighted by Gasteiger charge is 2.66. The molecule has 0 aliphatic heterocycles. The van der Waals surface area contributed by atoms with E-state index in [0.29, 0.717) is 107 Å². The number of carbonyl (C=O) groups excluding carboxylic acids is 1. The third-order valence-electron chi connectivity index (χ3n) is 22.7. The van der Waals surface area contributed by atoms with Crippen LogP contribution in [0, 0.1) is 116 Å². The maximum atomic E-state index is 11.8. The first-order valence-electron chi connectivity index (χ1n) is 26.5. The lowest BCUT2D eigenvalue weighted by atomic mass is 9.41. The molecule has 8 heteroatoms. The molecule has 0 aromatic rings. The molecule has 1 amide bonds. The maximum absolute atomic E-state index is 11.8. The number of nitrogens with zero attached hydrogens (tertiary/aromatic N) is 3. The van der Waals surface area contributed by atoms with Gasteiger partial charge < -0.3 is 15.3 Å². The van der Waals surface area contributed by atoms with Crippen molar-refractivity contribution in [3.05, 3.63) is 10.4 Å². The predicted octanol–water partition coefficient (Wildman–Crippen LogP) is 13.5. The van der Waals surface area contributed by atoms with Crippen molar-refractivity contribution in [3.63, 3.8) is 0 Å². The number of aliphatic carboxylic acids is 1. The molecule has 8 aliphatic carbocycles. The first-order valence-corrected chi connectivity index (χ1v) is 26.5. The summed E-state index contributed by atoms with van der Waals surface area (Å²) in [6.45, 7) is 24.2. The Labute approximate surface area is 377 Å². The summed E-state index contributed by atoms with van der Waals surface area (Å²) in [5.41, 5.74) is 9.86. The molecule has 8 nitrogen and oxygen atoms in total. The fraction of sp³-hybridized carbons (Fsp3) is 0.963. The Balaban J connectivity index is 0.000000187. The number of azide groups is 1. The third-order valence-corrected chi connectivity index (χ3v) is 22.7. The predicted molar refractivity (Wildman–Crippen MR) is 248 cm³/mol. The number of hydrogen-bond donors (Lipinski definition) is 3. The van der Waals surface area contributed by atoms with Crippen molar-refractivity contribution >= 4 is 11.9 Å². The van der Waals surface area contributed by atoms with E-state index in [9.17, 15) is 24.9 Å². The van der Waals surface area contributed by atoms with Gasteiger partial charge in [-0.25, -0.2) is 0 Å². The highest BCUT2D eigenvalue weighted by molar-refractivity contribution is 5.76. The molecule has 8 saturated carbocycles. The topological polar surface area (TPSA) is 144 Å². The summed E-state index contributed by atoms with van der Waals surface area (Å²) in [5, 5.41) is 36.1.